The van der Waals surface area contributed by atoms with E-state index in [0.717, 1.165) is 24.1 Å². The van der Waals surface area contributed by atoms with Gasteiger partial charge in [-0.05, 0) is 61.9 Å². The second-order valence-electron chi connectivity index (χ2n) is 6.70. The Balaban J connectivity index is 1.75. The number of rotatable bonds is 8. The average molecular weight is 393 g/mol. The summed E-state index contributed by atoms with van der Waals surface area (Å²) in [5, 5.41) is 2.01. The third-order valence-corrected chi connectivity index (χ3v) is 7.00. The van der Waals surface area contributed by atoms with Crippen LogP contribution in [0.2, 0.25) is 0 Å². The van der Waals surface area contributed by atoms with E-state index in [-0.39, 0.29) is 16.8 Å². The van der Waals surface area contributed by atoms with E-state index in [2.05, 4.69) is 4.72 Å². The number of nitrogens with zero attached hydrogens (tertiary/aromatic N) is 1. The summed E-state index contributed by atoms with van der Waals surface area (Å²) in [7, 11) is -3.55. The van der Waals surface area contributed by atoms with Crippen molar-refractivity contribution in [1.29, 1.82) is 0 Å². The summed E-state index contributed by atoms with van der Waals surface area (Å²) in [6.45, 7) is 4.36. The van der Waals surface area contributed by atoms with Gasteiger partial charge in [0.25, 0.3) is 5.91 Å². The molecule has 7 heteroatoms. The lowest BCUT2D eigenvalue weighted by atomic mass is 10.2. The molecule has 140 valence electrons. The molecule has 1 unspecified atom stereocenters. The summed E-state index contributed by atoms with van der Waals surface area (Å²) in [6.07, 6.45) is 2.78. The van der Waals surface area contributed by atoms with E-state index >= 15 is 0 Å². The first-order valence-electron chi connectivity index (χ1n) is 8.86. The molecule has 1 saturated carbocycles. The highest BCUT2D eigenvalue weighted by Gasteiger charge is 2.33. The van der Waals surface area contributed by atoms with Crippen LogP contribution in [0.5, 0.6) is 0 Å². The van der Waals surface area contributed by atoms with Gasteiger partial charge in [0, 0.05) is 22.5 Å². The van der Waals surface area contributed by atoms with Gasteiger partial charge in [0.1, 0.15) is 0 Å². The van der Waals surface area contributed by atoms with E-state index in [1.807, 2.05) is 36.3 Å². The molecular formula is C19H24N2O3S2. The molecule has 0 spiro atoms. The van der Waals surface area contributed by atoms with Crippen LogP contribution in [0.1, 0.15) is 48.3 Å². The van der Waals surface area contributed by atoms with Crippen LogP contribution in [0.3, 0.4) is 0 Å². The lowest BCUT2D eigenvalue weighted by Crippen LogP contribution is -2.33. The third-order valence-electron chi connectivity index (χ3n) is 4.54. The Morgan fingerprint density at radius 2 is 1.96 bits per heavy atom. The highest BCUT2D eigenvalue weighted by atomic mass is 32.2. The van der Waals surface area contributed by atoms with Gasteiger partial charge >= 0.3 is 0 Å². The molecule has 2 aromatic rings. The topological polar surface area (TPSA) is 66.5 Å². The van der Waals surface area contributed by atoms with E-state index in [9.17, 15) is 13.2 Å². The predicted octanol–water partition coefficient (Wildman–Crippen LogP) is 3.63. The Bertz CT molecular complexity index is 841. The minimum Gasteiger partial charge on any atom is -0.331 e. The third kappa shape index (κ3) is 4.52. The van der Waals surface area contributed by atoms with E-state index in [1.165, 1.54) is 12.1 Å². The number of hydrogen-bond donors (Lipinski definition) is 1. The van der Waals surface area contributed by atoms with Gasteiger partial charge in [0.15, 0.2) is 0 Å². The van der Waals surface area contributed by atoms with Gasteiger partial charge in [-0.2, -0.15) is 0 Å². The normalized spacial score (nSPS) is 15.6. The summed E-state index contributed by atoms with van der Waals surface area (Å²) in [5.74, 6) is -0.0419. The largest absolute Gasteiger partial charge is 0.331 e. The van der Waals surface area contributed by atoms with Crippen molar-refractivity contribution in [2.24, 2.45) is 0 Å². The number of carbonyl (C=O) groups is 1. The molecule has 0 aliphatic heterocycles. The van der Waals surface area contributed by atoms with Crippen molar-refractivity contribution in [3.63, 3.8) is 0 Å². The molecule has 0 radical (unpaired) electrons. The van der Waals surface area contributed by atoms with Crippen molar-refractivity contribution in [1.82, 2.24) is 9.62 Å². The van der Waals surface area contributed by atoms with Crippen molar-refractivity contribution in [2.75, 3.05) is 0 Å². The molecule has 1 amide bonds. The minimum atomic E-state index is -3.55. The van der Waals surface area contributed by atoms with Gasteiger partial charge in [0.2, 0.25) is 10.0 Å². The Hall–Kier alpha value is -1.70. The number of sulfonamides is 1. The number of thiophene rings is 1. The fourth-order valence-corrected chi connectivity index (χ4v) is 4.71. The molecule has 1 aliphatic carbocycles. The molecule has 1 N–H and O–H groups in total. The number of hydrogen-bond acceptors (Lipinski definition) is 4. The van der Waals surface area contributed by atoms with E-state index in [1.54, 1.807) is 23.5 Å². The molecule has 1 fully saturated rings. The van der Waals surface area contributed by atoms with Gasteiger partial charge in [-0.1, -0.05) is 13.0 Å². The zero-order valence-corrected chi connectivity index (χ0v) is 16.6. The maximum atomic E-state index is 12.9. The first-order valence-corrected chi connectivity index (χ1v) is 11.2. The molecular weight excluding hydrogens is 368 g/mol. The fourth-order valence-electron chi connectivity index (χ4n) is 2.68. The van der Waals surface area contributed by atoms with Crippen molar-refractivity contribution >= 4 is 27.3 Å². The van der Waals surface area contributed by atoms with Crippen LogP contribution in [0.15, 0.2) is 46.7 Å². The average Bonchev–Trinajstić information content (AvgIpc) is 3.34. The van der Waals surface area contributed by atoms with Crippen LogP contribution in [0.25, 0.3) is 0 Å². The molecule has 3 rings (SSSR count). The molecule has 1 heterocycles. The van der Waals surface area contributed by atoms with Crippen molar-refractivity contribution < 1.29 is 13.2 Å². The Morgan fingerprint density at radius 3 is 2.50 bits per heavy atom. The Kier molecular flexibility index (Phi) is 5.79. The second kappa shape index (κ2) is 7.90. The minimum absolute atomic E-state index is 0.0419. The highest BCUT2D eigenvalue weighted by Crippen LogP contribution is 2.30. The van der Waals surface area contributed by atoms with Gasteiger partial charge in [0.05, 0.1) is 11.4 Å². The maximum absolute atomic E-state index is 12.9. The zero-order valence-electron chi connectivity index (χ0n) is 15.0. The Morgan fingerprint density at radius 1 is 1.27 bits per heavy atom. The molecule has 1 aliphatic rings. The van der Waals surface area contributed by atoms with Crippen LogP contribution in [0.4, 0.5) is 0 Å². The van der Waals surface area contributed by atoms with Crippen LogP contribution in [0, 0.1) is 0 Å². The molecule has 1 atom stereocenters. The first kappa shape index (κ1) is 19.1. The summed E-state index contributed by atoms with van der Waals surface area (Å²) < 4.78 is 27.3. The molecule has 1 aromatic carbocycles. The summed E-state index contributed by atoms with van der Waals surface area (Å²) >= 11 is 1.64. The highest BCUT2D eigenvalue weighted by molar-refractivity contribution is 7.89. The standard InChI is InChI=1S/C19H24N2O3S2/c1-3-14(2)20-26(23,24)18-10-6-15(7-11-18)19(22)21(16-8-9-16)13-17-5-4-12-25-17/h4-7,10-12,14,16,20H,3,8-9,13H2,1-2H3. The monoisotopic (exact) mass is 392 g/mol. The number of benzene rings is 1. The van der Waals surface area contributed by atoms with Crippen molar-refractivity contribution in [3.8, 4) is 0 Å². The van der Waals surface area contributed by atoms with E-state index in [0.29, 0.717) is 18.2 Å². The molecule has 0 saturated heterocycles. The van der Waals surface area contributed by atoms with E-state index < -0.39 is 10.0 Å². The van der Waals surface area contributed by atoms with E-state index in [4.69, 9.17) is 0 Å². The lowest BCUT2D eigenvalue weighted by Gasteiger charge is -2.22. The lowest BCUT2D eigenvalue weighted by molar-refractivity contribution is 0.0731. The van der Waals surface area contributed by atoms with Gasteiger partial charge in [-0.3, -0.25) is 4.79 Å². The van der Waals surface area contributed by atoms with Gasteiger partial charge in [-0.25, -0.2) is 13.1 Å². The maximum Gasteiger partial charge on any atom is 0.254 e. The first-order chi connectivity index (χ1) is 12.4. The van der Waals surface area contributed by atoms with Gasteiger partial charge < -0.3 is 4.90 Å². The quantitative estimate of drug-likeness (QED) is 0.746. The van der Waals surface area contributed by atoms with Gasteiger partial charge in [-0.15, -0.1) is 11.3 Å². The number of amides is 1. The zero-order chi connectivity index (χ0) is 18.7. The van der Waals surface area contributed by atoms with Crippen LogP contribution in [-0.2, 0) is 16.6 Å². The van der Waals surface area contributed by atoms with Crippen LogP contribution < -0.4 is 4.72 Å². The van der Waals surface area contributed by atoms with Crippen LogP contribution >= 0.6 is 11.3 Å². The predicted molar refractivity (Wildman–Crippen MR) is 104 cm³/mol. The SMILES string of the molecule is CCC(C)NS(=O)(=O)c1ccc(C(=O)N(Cc2cccs2)C2CC2)cc1. The second-order valence-corrected chi connectivity index (χ2v) is 9.44. The number of nitrogens with one attached hydrogen (secondary N) is 1. The van der Waals surface area contributed by atoms with Crippen LogP contribution in [-0.4, -0.2) is 31.3 Å². The smallest absolute Gasteiger partial charge is 0.254 e. The summed E-state index contributed by atoms with van der Waals surface area (Å²) in [5.41, 5.74) is 0.524. The summed E-state index contributed by atoms with van der Waals surface area (Å²) in [4.78, 5) is 16.1. The molecule has 26 heavy (non-hydrogen) atoms. The molecule has 1 aromatic heterocycles. The summed E-state index contributed by atoms with van der Waals surface area (Å²) in [6, 6.07) is 10.4. The Labute approximate surface area is 159 Å². The fraction of sp³-hybridized carbons (Fsp3) is 0.421. The van der Waals surface area contributed by atoms with Crippen molar-refractivity contribution in [3.05, 3.63) is 52.2 Å². The number of carbonyl (C=O) groups excluding carboxylic acids is 1. The van der Waals surface area contributed by atoms with Crippen molar-refractivity contribution in [2.45, 2.75) is 56.6 Å². The molecule has 0 bridgehead atoms. The molecule has 5 nitrogen and oxygen atoms in total.